The molecule has 0 saturated carbocycles. The topological polar surface area (TPSA) is 78.5 Å². The molecule has 3 aromatic rings. The van der Waals surface area contributed by atoms with E-state index in [1.54, 1.807) is 0 Å². The number of morpholine rings is 1. The van der Waals surface area contributed by atoms with Crippen LogP contribution in [0.1, 0.15) is 11.1 Å². The number of hydrogen-bond donors (Lipinski definition) is 1. The Balaban J connectivity index is 1.16. The lowest BCUT2D eigenvalue weighted by Gasteiger charge is -2.30. The van der Waals surface area contributed by atoms with E-state index in [0.717, 1.165) is 48.8 Å². The van der Waals surface area contributed by atoms with Gasteiger partial charge in [-0.25, -0.2) is 0 Å². The Morgan fingerprint density at radius 1 is 0.914 bits per heavy atom. The van der Waals surface area contributed by atoms with Gasteiger partial charge in [0, 0.05) is 42.2 Å². The van der Waals surface area contributed by atoms with Gasteiger partial charge in [0.05, 0.1) is 13.2 Å². The van der Waals surface area contributed by atoms with E-state index in [1.165, 1.54) is 0 Å². The van der Waals surface area contributed by atoms with E-state index in [-0.39, 0.29) is 19.1 Å². The first-order chi connectivity index (χ1) is 17.2. The molecule has 178 valence electrons. The lowest BCUT2D eigenvalue weighted by Crippen LogP contribution is -2.38. The van der Waals surface area contributed by atoms with Crippen molar-refractivity contribution in [2.24, 2.45) is 0 Å². The van der Waals surface area contributed by atoms with Gasteiger partial charge in [-0.1, -0.05) is 24.3 Å². The Kier molecular flexibility index (Phi) is 4.57. The molecule has 1 saturated heterocycles. The predicted molar refractivity (Wildman–Crippen MR) is 128 cm³/mol. The van der Waals surface area contributed by atoms with Crippen molar-refractivity contribution in [2.75, 3.05) is 49.7 Å². The van der Waals surface area contributed by atoms with Crippen molar-refractivity contribution < 1.29 is 28.5 Å². The molecule has 35 heavy (non-hydrogen) atoms. The van der Waals surface area contributed by atoms with Crippen LogP contribution >= 0.6 is 0 Å². The van der Waals surface area contributed by atoms with Gasteiger partial charge in [-0.15, -0.1) is 0 Å². The normalized spacial score (nSPS) is 23.9. The number of nitrogens with zero attached hydrogens (tertiary/aromatic N) is 1. The zero-order chi connectivity index (χ0) is 23.4. The third-order valence-corrected chi connectivity index (χ3v) is 7.07. The quantitative estimate of drug-likeness (QED) is 0.627. The zero-order valence-electron chi connectivity index (χ0n) is 19.0. The molecule has 1 amide bonds. The molecule has 4 aliphatic rings. The lowest BCUT2D eigenvalue weighted by molar-refractivity contribution is -0.119. The molecule has 2 unspecified atom stereocenters. The SMILES string of the molecule is O=C1Nc2ccccc2C12COc1cc3c(cc12)OC(Oc1cccc(N2CCOCC2)c1)CO3. The van der Waals surface area contributed by atoms with E-state index in [9.17, 15) is 4.79 Å². The van der Waals surface area contributed by atoms with Gasteiger partial charge >= 0.3 is 0 Å². The second-order valence-corrected chi connectivity index (χ2v) is 9.06. The van der Waals surface area contributed by atoms with Gasteiger partial charge in [0.2, 0.25) is 5.91 Å². The number of ether oxygens (including phenoxy) is 5. The molecule has 8 nitrogen and oxygen atoms in total. The molecule has 1 fully saturated rings. The zero-order valence-corrected chi connectivity index (χ0v) is 19.0. The summed E-state index contributed by atoms with van der Waals surface area (Å²) in [6, 6.07) is 19.4. The molecule has 3 aromatic carbocycles. The number of fused-ring (bicyclic) bond motifs is 5. The summed E-state index contributed by atoms with van der Waals surface area (Å²) in [5.74, 6) is 2.36. The van der Waals surface area contributed by atoms with E-state index in [4.69, 9.17) is 23.7 Å². The van der Waals surface area contributed by atoms with E-state index >= 15 is 0 Å². The molecule has 8 heteroatoms. The highest BCUT2D eigenvalue weighted by Gasteiger charge is 2.54. The van der Waals surface area contributed by atoms with Crippen molar-refractivity contribution in [3.05, 3.63) is 71.8 Å². The molecule has 1 N–H and O–H groups in total. The average molecular weight is 472 g/mol. The fourth-order valence-electron chi connectivity index (χ4n) is 5.31. The Bertz CT molecular complexity index is 1320. The minimum atomic E-state index is -0.898. The average Bonchev–Trinajstić information content (AvgIpc) is 3.41. The van der Waals surface area contributed by atoms with Crippen molar-refractivity contribution in [1.82, 2.24) is 0 Å². The summed E-state index contributed by atoms with van der Waals surface area (Å²) in [6.07, 6.45) is -0.622. The number of hydrogen-bond acceptors (Lipinski definition) is 7. The minimum Gasteiger partial charge on any atom is -0.491 e. The minimum absolute atomic E-state index is 0.0955. The van der Waals surface area contributed by atoms with Crippen LogP contribution in [0, 0.1) is 0 Å². The van der Waals surface area contributed by atoms with E-state index in [1.807, 2.05) is 54.6 Å². The highest BCUT2D eigenvalue weighted by molar-refractivity contribution is 6.10. The molecule has 4 aliphatic heterocycles. The predicted octanol–water partition coefficient (Wildman–Crippen LogP) is 3.33. The Labute approximate surface area is 202 Å². The van der Waals surface area contributed by atoms with Gasteiger partial charge in [-0.05, 0) is 29.8 Å². The van der Waals surface area contributed by atoms with Gasteiger partial charge < -0.3 is 33.9 Å². The second kappa shape index (κ2) is 7.81. The van der Waals surface area contributed by atoms with Gasteiger partial charge in [-0.3, -0.25) is 4.79 Å². The van der Waals surface area contributed by atoms with E-state index < -0.39 is 11.7 Å². The summed E-state index contributed by atoms with van der Waals surface area (Å²) < 4.78 is 29.8. The third-order valence-electron chi connectivity index (χ3n) is 7.07. The number of carbonyl (C=O) groups excluding carboxylic acids is 1. The summed E-state index contributed by atoms with van der Waals surface area (Å²) >= 11 is 0. The summed E-state index contributed by atoms with van der Waals surface area (Å²) in [6.45, 7) is 3.63. The van der Waals surface area contributed by atoms with Crippen LogP contribution in [0.15, 0.2) is 60.7 Å². The van der Waals surface area contributed by atoms with Crippen molar-refractivity contribution in [2.45, 2.75) is 11.7 Å². The van der Waals surface area contributed by atoms with Gasteiger partial charge in [-0.2, -0.15) is 0 Å². The smallest absolute Gasteiger partial charge is 0.275 e. The number of para-hydroxylation sites is 1. The van der Waals surface area contributed by atoms with Gasteiger partial charge in [0.25, 0.3) is 6.29 Å². The Hall–Kier alpha value is -3.91. The summed E-state index contributed by atoms with van der Waals surface area (Å²) in [7, 11) is 0. The summed E-state index contributed by atoms with van der Waals surface area (Å²) in [5.41, 5.74) is 2.69. The van der Waals surface area contributed by atoms with Crippen molar-refractivity contribution >= 4 is 17.3 Å². The number of rotatable bonds is 3. The van der Waals surface area contributed by atoms with Crippen LogP contribution in [-0.2, 0) is 14.9 Å². The van der Waals surface area contributed by atoms with Crippen LogP contribution in [0.25, 0.3) is 0 Å². The highest BCUT2D eigenvalue weighted by atomic mass is 16.7. The third kappa shape index (κ3) is 3.20. The largest absolute Gasteiger partial charge is 0.491 e. The first-order valence-corrected chi connectivity index (χ1v) is 11.8. The number of benzene rings is 3. The first kappa shape index (κ1) is 20.5. The second-order valence-electron chi connectivity index (χ2n) is 9.06. The van der Waals surface area contributed by atoms with Crippen molar-refractivity contribution in [3.63, 3.8) is 0 Å². The molecule has 7 rings (SSSR count). The molecule has 4 heterocycles. The number of carbonyl (C=O) groups is 1. The van der Waals surface area contributed by atoms with Crippen LogP contribution in [-0.4, -0.2) is 51.7 Å². The fraction of sp³-hybridized carbons (Fsp3) is 0.296. The molecule has 0 aliphatic carbocycles. The van der Waals surface area contributed by atoms with Gasteiger partial charge in [0.1, 0.15) is 23.5 Å². The molecule has 0 aromatic heterocycles. The molecular formula is C27H24N2O6. The molecule has 2 atom stereocenters. The monoisotopic (exact) mass is 472 g/mol. The van der Waals surface area contributed by atoms with Crippen molar-refractivity contribution in [1.29, 1.82) is 0 Å². The summed E-state index contributed by atoms with van der Waals surface area (Å²) in [5, 5.41) is 3.00. The van der Waals surface area contributed by atoms with Crippen LogP contribution in [0.5, 0.6) is 23.0 Å². The number of amides is 1. The molecule has 0 radical (unpaired) electrons. The number of nitrogens with one attached hydrogen (secondary N) is 1. The van der Waals surface area contributed by atoms with Crippen molar-refractivity contribution in [3.8, 4) is 23.0 Å². The fourth-order valence-corrected chi connectivity index (χ4v) is 5.31. The maximum atomic E-state index is 13.2. The highest BCUT2D eigenvalue weighted by Crippen LogP contribution is 2.53. The van der Waals surface area contributed by atoms with E-state index in [0.29, 0.717) is 23.0 Å². The Morgan fingerprint density at radius 3 is 2.71 bits per heavy atom. The standard InChI is InChI=1S/C27H24N2O6/c30-26-27(19-6-1-2-7-21(19)28-26)16-33-22-14-23-24(13-20(22)27)35-25(15-32-23)34-18-5-3-4-17(12-18)29-8-10-31-11-9-29/h1-7,12-14,25H,8-11,15-16H2,(H,28,30). The Morgan fingerprint density at radius 2 is 1.80 bits per heavy atom. The number of anilines is 2. The maximum absolute atomic E-state index is 13.2. The van der Waals surface area contributed by atoms with Gasteiger partial charge in [0.15, 0.2) is 18.1 Å². The van der Waals surface area contributed by atoms with Crippen LogP contribution in [0.2, 0.25) is 0 Å². The lowest BCUT2D eigenvalue weighted by atomic mass is 9.77. The molecular weight excluding hydrogens is 448 g/mol. The molecule has 0 bridgehead atoms. The van der Waals surface area contributed by atoms with Crippen LogP contribution in [0.3, 0.4) is 0 Å². The van der Waals surface area contributed by atoms with E-state index in [2.05, 4.69) is 16.3 Å². The maximum Gasteiger partial charge on any atom is 0.275 e. The first-order valence-electron chi connectivity index (χ1n) is 11.8. The summed E-state index contributed by atoms with van der Waals surface area (Å²) in [4.78, 5) is 15.4. The molecule has 1 spiro atoms. The van der Waals surface area contributed by atoms with Crippen LogP contribution < -0.4 is 29.2 Å². The van der Waals surface area contributed by atoms with Crippen LogP contribution in [0.4, 0.5) is 11.4 Å².